The quantitative estimate of drug-likeness (QED) is 0.513. The molecule has 3 amide bonds. The number of benzene rings is 3. The molecule has 2 N–H and O–H groups in total. The Morgan fingerprint density at radius 2 is 1.71 bits per heavy atom. The number of nitrogens with one attached hydrogen (secondary N) is 2. The molecule has 1 aliphatic heterocycles. The molecule has 34 heavy (non-hydrogen) atoms. The van der Waals surface area contributed by atoms with Gasteiger partial charge < -0.3 is 10.6 Å². The zero-order chi connectivity index (χ0) is 24.5. The summed E-state index contributed by atoms with van der Waals surface area (Å²) in [6, 6.07) is 20.2. The zero-order valence-corrected chi connectivity index (χ0v) is 20.0. The number of fused-ring (bicyclic) bond motifs is 1. The van der Waals surface area contributed by atoms with Crippen LogP contribution in [-0.2, 0) is 15.0 Å². The molecule has 0 aromatic heterocycles. The minimum Gasteiger partial charge on any atom is -0.326 e. The zero-order valence-electron chi connectivity index (χ0n) is 19.3. The summed E-state index contributed by atoms with van der Waals surface area (Å²) in [4.78, 5) is 40.9. The predicted molar refractivity (Wildman–Crippen MR) is 136 cm³/mol. The standard InChI is InChI=1S/C27H26ClN3O3/c1-27(2,3)18-13-11-17(12-14-18)26(34)31-22-10-5-4-9-21(22)30-25(33)23(31)16-24(32)29-20-8-6-7-19(28)15-20/h4-15,23H,16H2,1-3H3,(H,29,32)(H,30,33)/t23-/m1/s1. The first-order valence-corrected chi connectivity index (χ1v) is 11.4. The average Bonchev–Trinajstić information content (AvgIpc) is 2.78. The minimum atomic E-state index is -1.01. The largest absolute Gasteiger partial charge is 0.326 e. The molecule has 6 nitrogen and oxygen atoms in total. The van der Waals surface area contributed by atoms with Crippen LogP contribution in [0.25, 0.3) is 0 Å². The molecule has 1 atom stereocenters. The number of nitrogens with zero attached hydrogens (tertiary/aromatic N) is 1. The van der Waals surface area contributed by atoms with Crippen LogP contribution >= 0.6 is 11.6 Å². The van der Waals surface area contributed by atoms with Crippen LogP contribution in [0.2, 0.25) is 5.02 Å². The fraction of sp³-hybridized carbons (Fsp3) is 0.222. The van der Waals surface area contributed by atoms with E-state index in [0.29, 0.717) is 27.6 Å². The van der Waals surface area contributed by atoms with Crippen molar-refractivity contribution in [1.82, 2.24) is 0 Å². The lowest BCUT2D eigenvalue weighted by Crippen LogP contribution is -2.52. The molecular formula is C27H26ClN3O3. The van der Waals surface area contributed by atoms with Crippen molar-refractivity contribution in [3.8, 4) is 0 Å². The molecule has 3 aromatic carbocycles. The van der Waals surface area contributed by atoms with E-state index in [9.17, 15) is 14.4 Å². The fourth-order valence-corrected chi connectivity index (χ4v) is 4.12. The smallest absolute Gasteiger partial charge is 0.259 e. The number of hydrogen-bond donors (Lipinski definition) is 2. The van der Waals surface area contributed by atoms with Crippen molar-refractivity contribution in [2.24, 2.45) is 0 Å². The van der Waals surface area contributed by atoms with Gasteiger partial charge in [0.25, 0.3) is 5.91 Å². The van der Waals surface area contributed by atoms with Gasteiger partial charge in [0, 0.05) is 16.3 Å². The summed E-state index contributed by atoms with van der Waals surface area (Å²) in [5, 5.41) is 6.06. The van der Waals surface area contributed by atoms with Gasteiger partial charge in [0.15, 0.2) is 0 Å². The third-order valence-corrected chi connectivity index (χ3v) is 5.97. The maximum atomic E-state index is 13.7. The second-order valence-electron chi connectivity index (χ2n) is 9.29. The molecule has 4 rings (SSSR count). The molecule has 0 spiro atoms. The molecular weight excluding hydrogens is 450 g/mol. The molecule has 0 saturated carbocycles. The van der Waals surface area contributed by atoms with Gasteiger partial charge in [-0.3, -0.25) is 19.3 Å². The molecule has 0 radical (unpaired) electrons. The molecule has 7 heteroatoms. The monoisotopic (exact) mass is 475 g/mol. The summed E-state index contributed by atoms with van der Waals surface area (Å²) in [6.07, 6.45) is -0.210. The molecule has 0 aliphatic carbocycles. The van der Waals surface area contributed by atoms with Crippen LogP contribution in [0.15, 0.2) is 72.8 Å². The van der Waals surface area contributed by atoms with Gasteiger partial charge >= 0.3 is 0 Å². The molecule has 1 aliphatic rings. The van der Waals surface area contributed by atoms with Crippen molar-refractivity contribution in [2.45, 2.75) is 38.6 Å². The molecule has 174 valence electrons. The number of carbonyl (C=O) groups is 3. The highest BCUT2D eigenvalue weighted by Gasteiger charge is 2.38. The number of halogens is 1. The first kappa shape index (κ1) is 23.5. The van der Waals surface area contributed by atoms with E-state index in [1.807, 2.05) is 12.1 Å². The third-order valence-electron chi connectivity index (χ3n) is 5.74. The summed E-state index contributed by atoms with van der Waals surface area (Å²) in [6.45, 7) is 6.30. The number of anilines is 3. The number of amides is 3. The fourth-order valence-electron chi connectivity index (χ4n) is 3.93. The van der Waals surface area contributed by atoms with Gasteiger partial charge in [0.05, 0.1) is 17.8 Å². The summed E-state index contributed by atoms with van der Waals surface area (Å²) in [5.41, 5.74) is 3.08. The molecule has 0 bridgehead atoms. The Balaban J connectivity index is 1.65. The van der Waals surface area contributed by atoms with Gasteiger partial charge in [-0.25, -0.2) is 0 Å². The lowest BCUT2D eigenvalue weighted by Gasteiger charge is -2.36. The first-order valence-electron chi connectivity index (χ1n) is 11.0. The van der Waals surface area contributed by atoms with E-state index in [0.717, 1.165) is 5.56 Å². The van der Waals surface area contributed by atoms with Gasteiger partial charge in [-0.05, 0) is 53.4 Å². The molecule has 1 heterocycles. The number of rotatable bonds is 4. The minimum absolute atomic E-state index is 0.0554. The van der Waals surface area contributed by atoms with Crippen molar-refractivity contribution in [3.63, 3.8) is 0 Å². The third kappa shape index (κ3) is 4.97. The van der Waals surface area contributed by atoms with Crippen LogP contribution < -0.4 is 15.5 Å². The van der Waals surface area contributed by atoms with E-state index in [-0.39, 0.29) is 17.7 Å². The Labute approximate surface area is 203 Å². The van der Waals surface area contributed by atoms with Gasteiger partial charge in [-0.15, -0.1) is 0 Å². The SMILES string of the molecule is CC(C)(C)c1ccc(C(=O)N2c3ccccc3NC(=O)[C@H]2CC(=O)Nc2cccc(Cl)c2)cc1. The van der Waals surface area contributed by atoms with Crippen LogP contribution in [-0.4, -0.2) is 23.8 Å². The van der Waals surface area contributed by atoms with E-state index >= 15 is 0 Å². The topological polar surface area (TPSA) is 78.5 Å². The predicted octanol–water partition coefficient (Wildman–Crippen LogP) is 5.63. The molecule has 0 unspecified atom stereocenters. The van der Waals surface area contributed by atoms with E-state index in [1.54, 1.807) is 60.7 Å². The van der Waals surface area contributed by atoms with Crippen molar-refractivity contribution in [2.75, 3.05) is 15.5 Å². The van der Waals surface area contributed by atoms with Crippen LogP contribution in [0.1, 0.15) is 43.1 Å². The lowest BCUT2D eigenvalue weighted by molar-refractivity contribution is -0.122. The first-order chi connectivity index (χ1) is 16.1. The summed E-state index contributed by atoms with van der Waals surface area (Å²) in [5.74, 6) is -1.16. The maximum Gasteiger partial charge on any atom is 0.259 e. The van der Waals surface area contributed by atoms with Crippen molar-refractivity contribution < 1.29 is 14.4 Å². The van der Waals surface area contributed by atoms with Crippen LogP contribution in [0.4, 0.5) is 17.1 Å². The van der Waals surface area contributed by atoms with Crippen LogP contribution in [0.3, 0.4) is 0 Å². The van der Waals surface area contributed by atoms with Crippen molar-refractivity contribution in [3.05, 3.63) is 88.9 Å². The average molecular weight is 476 g/mol. The number of para-hydroxylation sites is 2. The van der Waals surface area contributed by atoms with Gasteiger partial charge in [0.1, 0.15) is 6.04 Å². The van der Waals surface area contributed by atoms with Crippen molar-refractivity contribution >= 4 is 46.4 Å². The second kappa shape index (κ2) is 9.31. The maximum absolute atomic E-state index is 13.7. The van der Waals surface area contributed by atoms with E-state index in [1.165, 1.54) is 4.90 Å². The number of carbonyl (C=O) groups excluding carboxylic acids is 3. The molecule has 0 saturated heterocycles. The number of hydrogen-bond acceptors (Lipinski definition) is 3. The Morgan fingerprint density at radius 1 is 1.00 bits per heavy atom. The summed E-state index contributed by atoms with van der Waals surface area (Å²) >= 11 is 6.00. The Bertz CT molecular complexity index is 1250. The van der Waals surface area contributed by atoms with Gasteiger partial charge in [-0.1, -0.05) is 62.7 Å². The normalized spacial score (nSPS) is 15.4. The molecule has 0 fully saturated rings. The summed E-state index contributed by atoms with van der Waals surface area (Å²) < 4.78 is 0. The highest BCUT2D eigenvalue weighted by atomic mass is 35.5. The molecule has 3 aromatic rings. The van der Waals surface area contributed by atoms with Gasteiger partial charge in [0.2, 0.25) is 11.8 Å². The van der Waals surface area contributed by atoms with Crippen LogP contribution in [0.5, 0.6) is 0 Å². The Hall–Kier alpha value is -3.64. The van der Waals surface area contributed by atoms with E-state index in [4.69, 9.17) is 11.6 Å². The van der Waals surface area contributed by atoms with E-state index in [2.05, 4.69) is 31.4 Å². The Morgan fingerprint density at radius 3 is 2.38 bits per heavy atom. The summed E-state index contributed by atoms with van der Waals surface area (Å²) in [7, 11) is 0. The highest BCUT2D eigenvalue weighted by Crippen LogP contribution is 2.34. The highest BCUT2D eigenvalue weighted by molar-refractivity contribution is 6.31. The van der Waals surface area contributed by atoms with Gasteiger partial charge in [-0.2, -0.15) is 0 Å². The van der Waals surface area contributed by atoms with Crippen LogP contribution in [0, 0.1) is 0 Å². The van der Waals surface area contributed by atoms with E-state index < -0.39 is 17.9 Å². The Kier molecular flexibility index (Phi) is 6.44. The van der Waals surface area contributed by atoms with Crippen molar-refractivity contribution in [1.29, 1.82) is 0 Å². The second-order valence-corrected chi connectivity index (χ2v) is 9.72. The lowest BCUT2D eigenvalue weighted by atomic mass is 9.86.